The van der Waals surface area contributed by atoms with Gasteiger partial charge in [-0.25, -0.2) is 0 Å². The van der Waals surface area contributed by atoms with Crippen LogP contribution in [0.2, 0.25) is 0 Å². The second kappa shape index (κ2) is 9.02. The smallest absolute Gasteiger partial charge is 0.492 e. The number of hydrogen-bond acceptors (Lipinski definition) is 2. The number of likely N-dealkylation sites (N-methyl/N-ethyl adjacent to an activating group) is 1. The Bertz CT molecular complexity index is 736. The van der Waals surface area contributed by atoms with E-state index in [0.717, 1.165) is 30.1 Å². The molecule has 0 saturated heterocycles. The predicted octanol–water partition coefficient (Wildman–Crippen LogP) is 4.73. The van der Waals surface area contributed by atoms with Gasteiger partial charge in [-0.05, 0) is 36.8 Å². The minimum absolute atomic E-state index is 0.0753. The summed E-state index contributed by atoms with van der Waals surface area (Å²) >= 11 is 0. The quantitative estimate of drug-likeness (QED) is 0.689. The summed E-state index contributed by atoms with van der Waals surface area (Å²) in [7, 11) is 0. The molecule has 120 valence electrons. The zero-order chi connectivity index (χ0) is 17.2. The summed E-state index contributed by atoms with van der Waals surface area (Å²) in [4.78, 5) is 8.57. The van der Waals surface area contributed by atoms with Crippen LogP contribution in [0.1, 0.15) is 12.5 Å². The second-order valence-electron chi connectivity index (χ2n) is 5.06. The van der Waals surface area contributed by atoms with Gasteiger partial charge in [0.05, 0.1) is 6.54 Å². The van der Waals surface area contributed by atoms with E-state index >= 15 is 0 Å². The third kappa shape index (κ3) is 4.90. The van der Waals surface area contributed by atoms with E-state index in [1.807, 2.05) is 54.6 Å². The van der Waals surface area contributed by atoms with Crippen molar-refractivity contribution in [1.29, 1.82) is 0 Å². The number of rotatable bonds is 7. The van der Waals surface area contributed by atoms with Crippen LogP contribution in [-0.4, -0.2) is 19.7 Å². The molecule has 24 heavy (non-hydrogen) atoms. The van der Waals surface area contributed by atoms with Crippen LogP contribution in [0.5, 0.6) is 5.75 Å². The molecule has 4 nitrogen and oxygen atoms in total. The van der Waals surface area contributed by atoms with E-state index in [4.69, 9.17) is 17.9 Å². The van der Waals surface area contributed by atoms with Crippen molar-refractivity contribution in [3.8, 4) is 5.75 Å². The molecule has 0 bridgehead atoms. The Balaban J connectivity index is 1.97. The van der Waals surface area contributed by atoms with Crippen molar-refractivity contribution in [1.82, 2.24) is 0 Å². The lowest BCUT2D eigenvalue weighted by Crippen LogP contribution is -2.27. The first kappa shape index (κ1) is 17.1. The van der Waals surface area contributed by atoms with E-state index in [1.54, 1.807) is 6.08 Å². The molecule has 0 unspecified atom stereocenters. The topological polar surface area (TPSA) is 21.2 Å². The first-order valence-electron chi connectivity index (χ1n) is 7.76. The molecular formula is C20H19N3O. The number of para-hydroxylation sites is 1. The molecule has 4 heteroatoms. The zero-order valence-electron chi connectivity index (χ0n) is 13.6. The minimum Gasteiger partial charge on any atom is -0.492 e. The van der Waals surface area contributed by atoms with Crippen molar-refractivity contribution >= 4 is 11.8 Å². The van der Waals surface area contributed by atoms with Gasteiger partial charge in [-0.3, -0.25) is 0 Å². The van der Waals surface area contributed by atoms with Gasteiger partial charge in [-0.2, -0.15) is 9.69 Å². The summed E-state index contributed by atoms with van der Waals surface area (Å²) in [5.74, 6) is 0.950. The van der Waals surface area contributed by atoms with Crippen LogP contribution in [0.4, 0.5) is 5.69 Å². The average molecular weight is 317 g/mol. The third-order valence-corrected chi connectivity index (χ3v) is 3.54. The first-order chi connectivity index (χ1) is 11.8. The van der Waals surface area contributed by atoms with Crippen LogP contribution in [0.3, 0.4) is 0 Å². The summed E-state index contributed by atoms with van der Waals surface area (Å²) in [6.45, 7) is 18.2. The van der Waals surface area contributed by atoms with Crippen LogP contribution in [0, 0.1) is 13.1 Å². The molecule has 2 aromatic carbocycles. The van der Waals surface area contributed by atoms with Gasteiger partial charge in [0.2, 0.25) is 0 Å². The number of hydrogen-bond donors (Lipinski definition) is 0. The van der Waals surface area contributed by atoms with Crippen molar-refractivity contribution in [2.24, 2.45) is 0 Å². The molecular weight excluding hydrogens is 298 g/mol. The van der Waals surface area contributed by atoms with Gasteiger partial charge in [0.25, 0.3) is 0 Å². The van der Waals surface area contributed by atoms with Crippen LogP contribution in [-0.2, 0) is 0 Å². The van der Waals surface area contributed by atoms with Gasteiger partial charge in [-0.15, -0.1) is 0 Å². The maximum Gasteiger partial charge on any atom is 0.519 e. The highest BCUT2D eigenvalue weighted by Gasteiger charge is 2.06. The molecule has 2 rings (SSSR count). The first-order valence-corrected chi connectivity index (χ1v) is 7.76. The Morgan fingerprint density at radius 3 is 2.29 bits per heavy atom. The lowest BCUT2D eigenvalue weighted by molar-refractivity contribution is 0.324. The second-order valence-corrected chi connectivity index (χ2v) is 5.06. The standard InChI is InChI=1S/C20H19N3O/c1-4-23(14-15-24-19-8-6-5-7-9-19)18-12-10-17(11-13-18)16-20(21-2)22-3/h5-13,16H,4,14-15H2,1H3. The fourth-order valence-corrected chi connectivity index (χ4v) is 2.28. The van der Waals surface area contributed by atoms with Crippen LogP contribution in [0.25, 0.3) is 15.8 Å². The summed E-state index contributed by atoms with van der Waals surface area (Å²) < 4.78 is 5.75. The molecule has 0 atom stereocenters. The minimum atomic E-state index is 0.0753. The highest BCUT2D eigenvalue weighted by atomic mass is 16.5. The van der Waals surface area contributed by atoms with Crippen molar-refractivity contribution in [3.63, 3.8) is 0 Å². The fraction of sp³-hybridized carbons (Fsp3) is 0.200. The maximum absolute atomic E-state index is 6.92. The summed E-state index contributed by atoms with van der Waals surface area (Å²) in [5.41, 5.74) is 1.95. The monoisotopic (exact) mass is 317 g/mol. The number of nitrogens with zero attached hydrogens (tertiary/aromatic N) is 3. The molecule has 0 heterocycles. The molecule has 0 aliphatic carbocycles. The molecule has 0 N–H and O–H groups in total. The van der Waals surface area contributed by atoms with Crippen LogP contribution >= 0.6 is 0 Å². The number of ether oxygens (including phenoxy) is 1. The van der Waals surface area contributed by atoms with Gasteiger partial charge < -0.3 is 9.64 Å². The molecule has 0 amide bonds. The highest BCUT2D eigenvalue weighted by molar-refractivity contribution is 5.60. The molecule has 0 aromatic heterocycles. The molecule has 2 aromatic rings. The molecule has 0 saturated carbocycles. The van der Waals surface area contributed by atoms with Crippen molar-refractivity contribution < 1.29 is 4.74 Å². The zero-order valence-corrected chi connectivity index (χ0v) is 13.6. The van der Waals surface area contributed by atoms with Crippen molar-refractivity contribution in [2.75, 3.05) is 24.6 Å². The fourth-order valence-electron chi connectivity index (χ4n) is 2.28. The lowest BCUT2D eigenvalue weighted by atomic mass is 10.2. The molecule has 0 aliphatic rings. The Labute approximate surface area is 143 Å². The van der Waals surface area contributed by atoms with Gasteiger partial charge in [0, 0.05) is 18.3 Å². The SMILES string of the molecule is [C-]#[N+]C(=Cc1ccc(N(CC)CCOc2ccccc2)cc1)[N+]#[C-]. The molecule has 0 fully saturated rings. The Morgan fingerprint density at radius 1 is 1.04 bits per heavy atom. The van der Waals surface area contributed by atoms with E-state index in [9.17, 15) is 0 Å². The third-order valence-electron chi connectivity index (χ3n) is 3.54. The van der Waals surface area contributed by atoms with E-state index < -0.39 is 0 Å². The Morgan fingerprint density at radius 2 is 1.71 bits per heavy atom. The van der Waals surface area contributed by atoms with Gasteiger partial charge >= 0.3 is 5.82 Å². The summed E-state index contributed by atoms with van der Waals surface area (Å²) in [6.07, 6.45) is 1.60. The van der Waals surface area contributed by atoms with Gasteiger partial charge in [0.1, 0.15) is 25.5 Å². The lowest BCUT2D eigenvalue weighted by Gasteiger charge is -2.23. The predicted molar refractivity (Wildman–Crippen MR) is 97.4 cm³/mol. The normalized spacial score (nSPS) is 9.46. The van der Waals surface area contributed by atoms with E-state index in [1.165, 1.54) is 0 Å². The average Bonchev–Trinajstić information content (AvgIpc) is 2.65. The molecule has 0 radical (unpaired) electrons. The number of anilines is 1. The van der Waals surface area contributed by atoms with E-state index in [2.05, 4.69) is 21.5 Å². The summed E-state index contributed by atoms with van der Waals surface area (Å²) in [6, 6.07) is 17.6. The Hall–Kier alpha value is -3.24. The highest BCUT2D eigenvalue weighted by Crippen LogP contribution is 2.18. The summed E-state index contributed by atoms with van der Waals surface area (Å²) in [5, 5.41) is 0. The molecule has 0 spiro atoms. The Kier molecular flexibility index (Phi) is 6.44. The van der Waals surface area contributed by atoms with Gasteiger partial charge in [0.15, 0.2) is 0 Å². The van der Waals surface area contributed by atoms with Crippen molar-refractivity contribution in [2.45, 2.75) is 6.92 Å². The van der Waals surface area contributed by atoms with Crippen LogP contribution in [0.15, 0.2) is 60.4 Å². The number of benzene rings is 2. The van der Waals surface area contributed by atoms with Crippen LogP contribution < -0.4 is 9.64 Å². The van der Waals surface area contributed by atoms with E-state index in [-0.39, 0.29) is 5.82 Å². The molecule has 0 aliphatic heterocycles. The van der Waals surface area contributed by atoms with Crippen molar-refractivity contribution in [3.05, 3.63) is 88.8 Å². The largest absolute Gasteiger partial charge is 0.519 e. The van der Waals surface area contributed by atoms with Gasteiger partial charge in [-0.1, -0.05) is 30.3 Å². The van der Waals surface area contributed by atoms with E-state index in [0.29, 0.717) is 6.61 Å². The maximum atomic E-state index is 6.92.